The maximum Gasteiger partial charge on any atom is 0.214 e. The van der Waals surface area contributed by atoms with Crippen LogP contribution in [-0.4, -0.2) is 68.5 Å². The maximum atomic E-state index is 10.7. The topological polar surface area (TPSA) is 48.0 Å². The molecule has 0 radical (unpaired) electrons. The molecular formula is C14H26INO4. The normalized spacial score (nSPS) is 11.6. The summed E-state index contributed by atoms with van der Waals surface area (Å²) >= 11 is 1.76. The van der Waals surface area contributed by atoms with Crippen LogP contribution in [0.15, 0.2) is 12.2 Å². The standard InChI is InChI=1S/C14H26INO4/c1-3-8-18-10-12-20-13-11-19-9-7-16(2)6-4-5-14(15)17/h4-5H,3,6-13H2,1-2H3/b5-4+. The molecule has 0 spiro atoms. The van der Waals surface area contributed by atoms with Crippen molar-refractivity contribution < 1.29 is 19.0 Å². The summed E-state index contributed by atoms with van der Waals surface area (Å²) in [5.74, 6) is 0. The molecule has 0 saturated carbocycles. The Balaban J connectivity index is 3.21. The van der Waals surface area contributed by atoms with Gasteiger partial charge >= 0.3 is 0 Å². The number of carbonyl (C=O) groups excluding carboxylic acids is 1. The molecule has 5 nitrogen and oxygen atoms in total. The van der Waals surface area contributed by atoms with Crippen molar-refractivity contribution in [1.82, 2.24) is 4.90 Å². The average molecular weight is 399 g/mol. The Morgan fingerprint density at radius 1 is 1.05 bits per heavy atom. The lowest BCUT2D eigenvalue weighted by Gasteiger charge is -2.14. The summed E-state index contributed by atoms with van der Waals surface area (Å²) in [6.07, 6.45) is 4.47. The summed E-state index contributed by atoms with van der Waals surface area (Å²) in [5.41, 5.74) is 0. The van der Waals surface area contributed by atoms with E-state index < -0.39 is 0 Å². The molecule has 0 aliphatic carbocycles. The second kappa shape index (κ2) is 15.4. The van der Waals surface area contributed by atoms with Gasteiger partial charge in [0.1, 0.15) is 0 Å². The Labute approximate surface area is 135 Å². The maximum absolute atomic E-state index is 10.7. The van der Waals surface area contributed by atoms with Crippen LogP contribution in [0, 0.1) is 0 Å². The zero-order valence-electron chi connectivity index (χ0n) is 12.5. The smallest absolute Gasteiger partial charge is 0.214 e. The quantitative estimate of drug-likeness (QED) is 0.193. The lowest BCUT2D eigenvalue weighted by molar-refractivity contribution is -0.105. The molecule has 0 heterocycles. The number of allylic oxidation sites excluding steroid dienone is 1. The Morgan fingerprint density at radius 2 is 1.60 bits per heavy atom. The summed E-state index contributed by atoms with van der Waals surface area (Å²) in [6.45, 7) is 7.61. The molecular weight excluding hydrogens is 373 g/mol. The summed E-state index contributed by atoms with van der Waals surface area (Å²) < 4.78 is 16.2. The van der Waals surface area contributed by atoms with Gasteiger partial charge in [-0.1, -0.05) is 13.0 Å². The fourth-order valence-electron chi connectivity index (χ4n) is 1.32. The van der Waals surface area contributed by atoms with Gasteiger partial charge in [0, 0.05) is 42.3 Å². The van der Waals surface area contributed by atoms with Crippen LogP contribution < -0.4 is 0 Å². The van der Waals surface area contributed by atoms with E-state index in [-0.39, 0.29) is 3.79 Å². The number of rotatable bonds is 14. The van der Waals surface area contributed by atoms with Gasteiger partial charge < -0.3 is 19.1 Å². The summed E-state index contributed by atoms with van der Waals surface area (Å²) in [6, 6.07) is 0. The number of carbonyl (C=O) groups is 1. The third kappa shape index (κ3) is 16.0. The molecule has 0 atom stereocenters. The minimum Gasteiger partial charge on any atom is -0.379 e. The van der Waals surface area contributed by atoms with Crippen LogP contribution in [0.25, 0.3) is 0 Å². The lowest BCUT2D eigenvalue weighted by Crippen LogP contribution is -2.24. The highest BCUT2D eigenvalue weighted by atomic mass is 127. The van der Waals surface area contributed by atoms with E-state index in [0.717, 1.165) is 26.1 Å². The first-order valence-corrected chi connectivity index (χ1v) is 8.02. The van der Waals surface area contributed by atoms with Gasteiger partial charge in [-0.25, -0.2) is 0 Å². The van der Waals surface area contributed by atoms with Crippen LogP contribution in [0.1, 0.15) is 13.3 Å². The van der Waals surface area contributed by atoms with Crippen molar-refractivity contribution in [3.8, 4) is 0 Å². The Hall–Kier alpha value is -0.0200. The predicted octanol–water partition coefficient (Wildman–Crippen LogP) is 1.90. The van der Waals surface area contributed by atoms with Gasteiger partial charge in [-0.2, -0.15) is 0 Å². The van der Waals surface area contributed by atoms with Crippen LogP contribution in [0.3, 0.4) is 0 Å². The van der Waals surface area contributed by atoms with Crippen LogP contribution in [0.2, 0.25) is 0 Å². The first kappa shape index (κ1) is 20.0. The van der Waals surface area contributed by atoms with Gasteiger partial charge in [0.25, 0.3) is 0 Å². The molecule has 0 bridgehead atoms. The molecule has 0 rings (SSSR count). The highest BCUT2D eigenvalue weighted by molar-refractivity contribution is 14.1. The van der Waals surface area contributed by atoms with Crippen LogP contribution >= 0.6 is 22.6 Å². The largest absolute Gasteiger partial charge is 0.379 e. The minimum absolute atomic E-state index is 0.0484. The third-order valence-electron chi connectivity index (χ3n) is 2.38. The van der Waals surface area contributed by atoms with Gasteiger partial charge in [0.05, 0.1) is 33.0 Å². The van der Waals surface area contributed by atoms with Gasteiger partial charge in [-0.05, 0) is 19.5 Å². The zero-order chi connectivity index (χ0) is 15.1. The first-order chi connectivity index (χ1) is 9.66. The van der Waals surface area contributed by atoms with E-state index in [1.165, 1.54) is 0 Å². The number of likely N-dealkylation sites (N-methyl/N-ethyl adjacent to an activating group) is 1. The molecule has 0 aliphatic rings. The SMILES string of the molecule is CCCOCCOCCOCCN(C)C/C=C/C(=O)I. The number of ether oxygens (including phenoxy) is 3. The molecule has 0 aromatic carbocycles. The molecule has 0 N–H and O–H groups in total. The lowest BCUT2D eigenvalue weighted by atomic mass is 10.4. The molecule has 118 valence electrons. The van der Waals surface area contributed by atoms with Crippen LogP contribution in [-0.2, 0) is 19.0 Å². The van der Waals surface area contributed by atoms with Crippen molar-refractivity contribution >= 4 is 26.4 Å². The Bertz CT molecular complexity index is 262. The van der Waals surface area contributed by atoms with E-state index in [9.17, 15) is 4.79 Å². The van der Waals surface area contributed by atoms with Crippen LogP contribution in [0.4, 0.5) is 0 Å². The molecule has 0 aromatic heterocycles. The van der Waals surface area contributed by atoms with Gasteiger partial charge in [0.2, 0.25) is 3.79 Å². The summed E-state index contributed by atoms with van der Waals surface area (Å²) in [4.78, 5) is 12.8. The van der Waals surface area contributed by atoms with E-state index in [1.807, 2.05) is 13.1 Å². The molecule has 0 aliphatic heterocycles. The third-order valence-corrected chi connectivity index (χ3v) is 2.74. The van der Waals surface area contributed by atoms with Gasteiger partial charge in [0.15, 0.2) is 0 Å². The Kier molecular flexibility index (Phi) is 15.4. The van der Waals surface area contributed by atoms with Crippen molar-refractivity contribution in [3.05, 3.63) is 12.2 Å². The first-order valence-electron chi connectivity index (χ1n) is 6.94. The highest BCUT2D eigenvalue weighted by Gasteiger charge is 1.96. The van der Waals surface area contributed by atoms with Crippen molar-refractivity contribution in [2.45, 2.75) is 13.3 Å². The van der Waals surface area contributed by atoms with Crippen molar-refractivity contribution in [1.29, 1.82) is 0 Å². The number of hydrogen-bond donors (Lipinski definition) is 0. The number of halogens is 1. The van der Waals surface area contributed by atoms with E-state index in [2.05, 4.69) is 11.8 Å². The zero-order valence-corrected chi connectivity index (χ0v) is 14.6. The van der Waals surface area contributed by atoms with E-state index in [0.29, 0.717) is 33.0 Å². The fraction of sp³-hybridized carbons (Fsp3) is 0.786. The van der Waals surface area contributed by atoms with Gasteiger partial charge in [-0.3, -0.25) is 4.79 Å². The summed E-state index contributed by atoms with van der Waals surface area (Å²) in [7, 11) is 1.99. The van der Waals surface area contributed by atoms with Gasteiger partial charge in [-0.15, -0.1) is 0 Å². The highest BCUT2D eigenvalue weighted by Crippen LogP contribution is 1.90. The number of nitrogens with zero attached hydrogens (tertiary/aromatic N) is 1. The monoisotopic (exact) mass is 399 g/mol. The molecule has 0 fully saturated rings. The molecule has 0 aromatic rings. The fourth-order valence-corrected chi connectivity index (χ4v) is 1.58. The molecule has 0 amide bonds. The Morgan fingerprint density at radius 3 is 2.15 bits per heavy atom. The van der Waals surface area contributed by atoms with Crippen molar-refractivity contribution in [2.24, 2.45) is 0 Å². The summed E-state index contributed by atoms with van der Waals surface area (Å²) in [5, 5.41) is 0. The molecule has 0 unspecified atom stereocenters. The van der Waals surface area contributed by atoms with E-state index >= 15 is 0 Å². The molecule has 0 saturated heterocycles. The second-order valence-electron chi connectivity index (χ2n) is 4.31. The van der Waals surface area contributed by atoms with Crippen LogP contribution in [0.5, 0.6) is 0 Å². The molecule has 6 heteroatoms. The van der Waals surface area contributed by atoms with E-state index in [1.54, 1.807) is 28.7 Å². The second-order valence-corrected chi connectivity index (χ2v) is 5.37. The number of hydrogen-bond acceptors (Lipinski definition) is 5. The average Bonchev–Trinajstić information content (AvgIpc) is 2.40. The van der Waals surface area contributed by atoms with Crippen molar-refractivity contribution in [3.63, 3.8) is 0 Å². The van der Waals surface area contributed by atoms with Crippen molar-refractivity contribution in [2.75, 3.05) is 59.8 Å². The van der Waals surface area contributed by atoms with E-state index in [4.69, 9.17) is 14.2 Å². The predicted molar refractivity (Wildman–Crippen MR) is 88.4 cm³/mol. The minimum atomic E-state index is 0.0484. The molecule has 20 heavy (non-hydrogen) atoms.